The normalized spacial score (nSPS) is 32.1. The fourth-order valence-electron chi connectivity index (χ4n) is 3.60. The van der Waals surface area contributed by atoms with Crippen LogP contribution in [0.5, 0.6) is 0 Å². The van der Waals surface area contributed by atoms with E-state index in [0.29, 0.717) is 0 Å². The molecule has 94 valence electrons. The molecule has 2 rings (SSSR count). The lowest BCUT2D eigenvalue weighted by molar-refractivity contribution is 0.326. The second-order valence-electron chi connectivity index (χ2n) is 6.03. The van der Waals surface area contributed by atoms with Crippen LogP contribution in [-0.4, -0.2) is 12.6 Å². The fourth-order valence-corrected chi connectivity index (χ4v) is 3.60. The summed E-state index contributed by atoms with van der Waals surface area (Å²) < 4.78 is 0. The minimum absolute atomic E-state index is 0.855. The number of rotatable bonds is 5. The molecule has 2 saturated carbocycles. The topological polar surface area (TPSA) is 12.0 Å². The van der Waals surface area contributed by atoms with E-state index in [9.17, 15) is 0 Å². The first-order valence-corrected chi connectivity index (χ1v) is 7.62. The van der Waals surface area contributed by atoms with Crippen molar-refractivity contribution >= 4 is 0 Å². The average Bonchev–Trinajstić information content (AvgIpc) is 2.78. The van der Waals surface area contributed by atoms with Gasteiger partial charge in [0.25, 0.3) is 0 Å². The van der Waals surface area contributed by atoms with Crippen molar-refractivity contribution in [3.63, 3.8) is 0 Å². The van der Waals surface area contributed by atoms with Crippen molar-refractivity contribution in [1.82, 2.24) is 5.32 Å². The Hall–Kier alpha value is -0.0400. The van der Waals surface area contributed by atoms with Crippen LogP contribution in [0.15, 0.2) is 0 Å². The van der Waals surface area contributed by atoms with Crippen LogP contribution in [-0.2, 0) is 0 Å². The zero-order chi connectivity index (χ0) is 11.2. The van der Waals surface area contributed by atoms with Crippen molar-refractivity contribution in [1.29, 1.82) is 0 Å². The first-order valence-electron chi connectivity index (χ1n) is 7.62. The summed E-state index contributed by atoms with van der Waals surface area (Å²) in [5.74, 6) is 2.07. The van der Waals surface area contributed by atoms with Crippen molar-refractivity contribution in [2.75, 3.05) is 6.54 Å². The van der Waals surface area contributed by atoms with Crippen LogP contribution < -0.4 is 5.32 Å². The average molecular weight is 223 g/mol. The van der Waals surface area contributed by atoms with E-state index in [2.05, 4.69) is 12.2 Å². The Balaban J connectivity index is 1.54. The van der Waals surface area contributed by atoms with Gasteiger partial charge in [0, 0.05) is 6.04 Å². The van der Waals surface area contributed by atoms with Gasteiger partial charge in [-0.2, -0.15) is 0 Å². The summed E-state index contributed by atoms with van der Waals surface area (Å²) in [7, 11) is 0. The summed E-state index contributed by atoms with van der Waals surface area (Å²) in [5, 5.41) is 3.79. The molecule has 0 aliphatic heterocycles. The lowest BCUT2D eigenvalue weighted by Crippen LogP contribution is -2.29. The Labute approximate surface area is 101 Å². The van der Waals surface area contributed by atoms with Gasteiger partial charge in [-0.1, -0.05) is 45.4 Å². The quantitative estimate of drug-likeness (QED) is 0.739. The third-order valence-corrected chi connectivity index (χ3v) is 4.83. The lowest BCUT2D eigenvalue weighted by atomic mass is 9.87. The molecule has 0 bridgehead atoms. The highest BCUT2D eigenvalue weighted by atomic mass is 14.9. The molecule has 1 N–H and O–H groups in total. The minimum Gasteiger partial charge on any atom is -0.314 e. The molecule has 0 amide bonds. The molecule has 0 radical (unpaired) electrons. The molecule has 0 saturated heterocycles. The fraction of sp³-hybridized carbons (Fsp3) is 1.00. The molecule has 0 aromatic carbocycles. The van der Waals surface area contributed by atoms with Crippen LogP contribution in [0, 0.1) is 11.8 Å². The first-order chi connectivity index (χ1) is 7.88. The van der Waals surface area contributed by atoms with Crippen molar-refractivity contribution in [2.45, 2.75) is 77.2 Å². The van der Waals surface area contributed by atoms with Crippen molar-refractivity contribution < 1.29 is 0 Å². The third kappa shape index (κ3) is 3.76. The first kappa shape index (κ1) is 12.4. The Kier molecular flexibility index (Phi) is 5.15. The van der Waals surface area contributed by atoms with E-state index < -0.39 is 0 Å². The van der Waals surface area contributed by atoms with Gasteiger partial charge in [0.2, 0.25) is 0 Å². The van der Waals surface area contributed by atoms with Crippen LogP contribution in [0.25, 0.3) is 0 Å². The predicted molar refractivity (Wildman–Crippen MR) is 70.6 cm³/mol. The van der Waals surface area contributed by atoms with Gasteiger partial charge in [-0.05, 0) is 44.1 Å². The van der Waals surface area contributed by atoms with Gasteiger partial charge in [-0.25, -0.2) is 0 Å². The highest BCUT2D eigenvalue weighted by molar-refractivity contribution is 4.80. The summed E-state index contributed by atoms with van der Waals surface area (Å²) in [6.45, 7) is 3.63. The maximum absolute atomic E-state index is 3.79. The summed E-state index contributed by atoms with van der Waals surface area (Å²) in [6.07, 6.45) is 14.7. The van der Waals surface area contributed by atoms with Crippen LogP contribution in [0.1, 0.15) is 71.1 Å². The molecule has 0 aromatic heterocycles. The van der Waals surface area contributed by atoms with Gasteiger partial charge >= 0.3 is 0 Å². The van der Waals surface area contributed by atoms with Crippen molar-refractivity contribution in [3.8, 4) is 0 Å². The van der Waals surface area contributed by atoms with Crippen molar-refractivity contribution in [2.24, 2.45) is 11.8 Å². The molecule has 2 unspecified atom stereocenters. The second kappa shape index (κ2) is 6.64. The number of hydrogen-bond donors (Lipinski definition) is 1. The van der Waals surface area contributed by atoms with Crippen molar-refractivity contribution in [3.05, 3.63) is 0 Å². The summed E-state index contributed by atoms with van der Waals surface area (Å²) in [6, 6.07) is 0.855. The maximum atomic E-state index is 3.79. The van der Waals surface area contributed by atoms with E-state index in [1.165, 1.54) is 70.8 Å². The van der Waals surface area contributed by atoms with Gasteiger partial charge in [-0.15, -0.1) is 0 Å². The molecule has 16 heavy (non-hydrogen) atoms. The van der Waals surface area contributed by atoms with Crippen LogP contribution in [0.2, 0.25) is 0 Å². The Morgan fingerprint density at radius 1 is 0.938 bits per heavy atom. The number of hydrogen-bond acceptors (Lipinski definition) is 1. The molecule has 2 atom stereocenters. The van der Waals surface area contributed by atoms with E-state index in [1.54, 1.807) is 0 Å². The van der Waals surface area contributed by atoms with Crippen LogP contribution >= 0.6 is 0 Å². The van der Waals surface area contributed by atoms with E-state index in [0.717, 1.165) is 17.9 Å². The second-order valence-corrected chi connectivity index (χ2v) is 6.03. The van der Waals surface area contributed by atoms with E-state index in [4.69, 9.17) is 0 Å². The molecule has 0 heterocycles. The molecule has 2 aliphatic rings. The molecule has 0 aromatic rings. The number of nitrogens with one attached hydrogen (secondary N) is 1. The standard InChI is InChI=1S/C15H29N/c1-2-13-8-9-15(12-13)16-11-10-14-6-4-3-5-7-14/h13-16H,2-12H2,1H3. The van der Waals surface area contributed by atoms with Crippen LogP contribution in [0.4, 0.5) is 0 Å². The third-order valence-electron chi connectivity index (χ3n) is 4.83. The highest BCUT2D eigenvalue weighted by Gasteiger charge is 2.22. The Morgan fingerprint density at radius 3 is 2.44 bits per heavy atom. The summed E-state index contributed by atoms with van der Waals surface area (Å²) >= 11 is 0. The molecular formula is C15H29N. The van der Waals surface area contributed by atoms with Gasteiger partial charge in [-0.3, -0.25) is 0 Å². The van der Waals surface area contributed by atoms with E-state index in [-0.39, 0.29) is 0 Å². The smallest absolute Gasteiger partial charge is 0.00698 e. The van der Waals surface area contributed by atoms with Gasteiger partial charge in [0.1, 0.15) is 0 Å². The Morgan fingerprint density at radius 2 is 1.75 bits per heavy atom. The zero-order valence-corrected chi connectivity index (χ0v) is 11.0. The molecule has 2 fully saturated rings. The molecular weight excluding hydrogens is 194 g/mol. The monoisotopic (exact) mass is 223 g/mol. The minimum atomic E-state index is 0.855. The molecule has 1 nitrogen and oxygen atoms in total. The van der Waals surface area contributed by atoms with Gasteiger partial charge in [0.05, 0.1) is 0 Å². The maximum Gasteiger partial charge on any atom is 0.00698 e. The highest BCUT2D eigenvalue weighted by Crippen LogP contribution is 2.29. The Bertz CT molecular complexity index is 184. The summed E-state index contributed by atoms with van der Waals surface area (Å²) in [4.78, 5) is 0. The zero-order valence-electron chi connectivity index (χ0n) is 11.0. The SMILES string of the molecule is CCC1CCC(NCCC2CCCCC2)C1. The molecule has 0 spiro atoms. The van der Waals surface area contributed by atoms with Crippen LogP contribution in [0.3, 0.4) is 0 Å². The van der Waals surface area contributed by atoms with E-state index in [1.807, 2.05) is 0 Å². The van der Waals surface area contributed by atoms with Gasteiger partial charge in [0.15, 0.2) is 0 Å². The predicted octanol–water partition coefficient (Wildman–Crippen LogP) is 4.13. The van der Waals surface area contributed by atoms with Gasteiger partial charge < -0.3 is 5.32 Å². The largest absolute Gasteiger partial charge is 0.314 e. The lowest BCUT2D eigenvalue weighted by Gasteiger charge is -2.22. The van der Waals surface area contributed by atoms with E-state index >= 15 is 0 Å². The summed E-state index contributed by atoms with van der Waals surface area (Å²) in [5.41, 5.74) is 0. The molecule has 1 heteroatoms. The molecule has 2 aliphatic carbocycles.